The Hall–Kier alpha value is -0.830. The van der Waals surface area contributed by atoms with Gasteiger partial charge < -0.3 is 4.74 Å². The zero-order valence-electron chi connectivity index (χ0n) is 13.2. The SMILES string of the molecule is CCC(C)(C)Sc1ccc(Oc2ccc(Cl)c(Cl)c2)c(C)c1. The van der Waals surface area contributed by atoms with Crippen molar-refractivity contribution in [2.24, 2.45) is 0 Å². The van der Waals surface area contributed by atoms with Gasteiger partial charge in [0.1, 0.15) is 11.5 Å². The lowest BCUT2D eigenvalue weighted by atomic mass is 10.1. The molecule has 0 spiro atoms. The zero-order valence-corrected chi connectivity index (χ0v) is 15.6. The Morgan fingerprint density at radius 2 is 1.77 bits per heavy atom. The molecule has 0 amide bonds. The molecule has 0 saturated heterocycles. The number of aryl methyl sites for hydroxylation is 1. The van der Waals surface area contributed by atoms with Crippen molar-refractivity contribution in [1.82, 2.24) is 0 Å². The van der Waals surface area contributed by atoms with Crippen LogP contribution in [0, 0.1) is 6.92 Å². The van der Waals surface area contributed by atoms with Crippen molar-refractivity contribution in [3.8, 4) is 11.5 Å². The van der Waals surface area contributed by atoms with E-state index in [1.807, 2.05) is 23.9 Å². The second kappa shape index (κ2) is 7.16. The first-order valence-electron chi connectivity index (χ1n) is 7.23. The standard InChI is InChI=1S/C18H20Cl2OS/c1-5-18(3,4)22-14-7-9-17(12(2)10-14)21-13-6-8-15(19)16(20)11-13/h6-11H,5H2,1-4H3. The molecule has 2 rings (SSSR count). The fourth-order valence-electron chi connectivity index (χ4n) is 1.86. The first kappa shape index (κ1) is 17.5. The Morgan fingerprint density at radius 3 is 2.36 bits per heavy atom. The smallest absolute Gasteiger partial charge is 0.130 e. The van der Waals surface area contributed by atoms with E-state index in [0.717, 1.165) is 17.7 Å². The van der Waals surface area contributed by atoms with Crippen LogP contribution in [0.15, 0.2) is 41.3 Å². The van der Waals surface area contributed by atoms with Crippen LogP contribution < -0.4 is 4.74 Å². The highest BCUT2D eigenvalue weighted by molar-refractivity contribution is 8.00. The predicted molar refractivity (Wildman–Crippen MR) is 97.9 cm³/mol. The number of hydrogen-bond donors (Lipinski definition) is 0. The third-order valence-corrected chi connectivity index (χ3v) is 5.58. The molecule has 22 heavy (non-hydrogen) atoms. The van der Waals surface area contributed by atoms with Gasteiger partial charge >= 0.3 is 0 Å². The van der Waals surface area contributed by atoms with E-state index in [9.17, 15) is 0 Å². The minimum absolute atomic E-state index is 0.235. The summed E-state index contributed by atoms with van der Waals surface area (Å²) in [4.78, 5) is 1.26. The lowest BCUT2D eigenvalue weighted by Crippen LogP contribution is -2.11. The molecule has 0 aliphatic heterocycles. The van der Waals surface area contributed by atoms with Gasteiger partial charge in [0.25, 0.3) is 0 Å². The van der Waals surface area contributed by atoms with Crippen molar-refractivity contribution in [2.45, 2.75) is 43.8 Å². The third kappa shape index (κ3) is 4.58. The van der Waals surface area contributed by atoms with Gasteiger partial charge in [-0.3, -0.25) is 0 Å². The average molecular weight is 355 g/mol. The van der Waals surface area contributed by atoms with Crippen LogP contribution >= 0.6 is 35.0 Å². The van der Waals surface area contributed by atoms with Gasteiger partial charge in [0.05, 0.1) is 10.0 Å². The normalized spacial score (nSPS) is 11.5. The van der Waals surface area contributed by atoms with Gasteiger partial charge in [-0.1, -0.05) is 44.0 Å². The fraction of sp³-hybridized carbons (Fsp3) is 0.333. The van der Waals surface area contributed by atoms with E-state index in [1.54, 1.807) is 12.1 Å². The number of rotatable bonds is 5. The van der Waals surface area contributed by atoms with Crippen molar-refractivity contribution in [1.29, 1.82) is 0 Å². The molecule has 0 bridgehead atoms. The van der Waals surface area contributed by atoms with Gasteiger partial charge in [-0.15, -0.1) is 11.8 Å². The van der Waals surface area contributed by atoms with Gasteiger partial charge in [0, 0.05) is 15.7 Å². The maximum absolute atomic E-state index is 6.02. The molecule has 0 fully saturated rings. The van der Waals surface area contributed by atoms with Crippen molar-refractivity contribution in [2.75, 3.05) is 0 Å². The van der Waals surface area contributed by atoms with E-state index >= 15 is 0 Å². The highest BCUT2D eigenvalue weighted by Gasteiger charge is 2.17. The summed E-state index contributed by atoms with van der Waals surface area (Å²) in [5.74, 6) is 1.52. The minimum atomic E-state index is 0.235. The Bertz CT molecular complexity index is 668. The fourth-order valence-corrected chi connectivity index (χ4v) is 3.30. The van der Waals surface area contributed by atoms with Crippen LogP contribution in [0.3, 0.4) is 0 Å². The van der Waals surface area contributed by atoms with Gasteiger partial charge in [0.15, 0.2) is 0 Å². The molecule has 0 aliphatic carbocycles. The largest absolute Gasteiger partial charge is 0.457 e. The van der Waals surface area contributed by atoms with Crippen LogP contribution in [0.25, 0.3) is 0 Å². The van der Waals surface area contributed by atoms with E-state index in [4.69, 9.17) is 27.9 Å². The van der Waals surface area contributed by atoms with Crippen molar-refractivity contribution in [3.63, 3.8) is 0 Å². The molecular weight excluding hydrogens is 335 g/mol. The lowest BCUT2D eigenvalue weighted by molar-refractivity contribution is 0.478. The van der Waals surface area contributed by atoms with Gasteiger partial charge in [-0.05, 0) is 49.2 Å². The Kier molecular flexibility index (Phi) is 5.70. The topological polar surface area (TPSA) is 9.23 Å². The molecule has 0 aromatic heterocycles. The zero-order chi connectivity index (χ0) is 16.3. The molecule has 2 aromatic carbocycles. The van der Waals surface area contributed by atoms with Crippen LogP contribution in [0.4, 0.5) is 0 Å². The molecule has 0 heterocycles. The van der Waals surface area contributed by atoms with Crippen LogP contribution in [0.5, 0.6) is 11.5 Å². The first-order chi connectivity index (χ1) is 10.3. The van der Waals surface area contributed by atoms with Crippen LogP contribution in [-0.4, -0.2) is 4.75 Å². The quantitative estimate of drug-likeness (QED) is 0.518. The van der Waals surface area contributed by atoms with Crippen LogP contribution in [0.2, 0.25) is 10.0 Å². The lowest BCUT2D eigenvalue weighted by Gasteiger charge is -2.22. The molecule has 2 aromatic rings. The predicted octanol–water partition coefficient (Wildman–Crippen LogP) is 7.37. The summed E-state index contributed by atoms with van der Waals surface area (Å²) in [5, 5.41) is 1.02. The van der Waals surface area contributed by atoms with Gasteiger partial charge in [-0.2, -0.15) is 0 Å². The summed E-state index contributed by atoms with van der Waals surface area (Å²) in [5.41, 5.74) is 1.10. The maximum Gasteiger partial charge on any atom is 0.130 e. The molecular formula is C18H20Cl2OS. The number of benzene rings is 2. The van der Waals surface area contributed by atoms with Gasteiger partial charge in [0.2, 0.25) is 0 Å². The van der Waals surface area contributed by atoms with Crippen molar-refractivity contribution < 1.29 is 4.74 Å². The van der Waals surface area contributed by atoms with Crippen molar-refractivity contribution >= 4 is 35.0 Å². The highest BCUT2D eigenvalue weighted by atomic mass is 35.5. The molecule has 1 nitrogen and oxygen atoms in total. The monoisotopic (exact) mass is 354 g/mol. The molecule has 118 valence electrons. The molecule has 0 N–H and O–H groups in total. The highest BCUT2D eigenvalue weighted by Crippen LogP contribution is 2.37. The Labute approximate surface area is 147 Å². The minimum Gasteiger partial charge on any atom is -0.457 e. The molecule has 0 unspecified atom stereocenters. The second-order valence-electron chi connectivity index (χ2n) is 5.82. The van der Waals surface area contributed by atoms with Crippen LogP contribution in [-0.2, 0) is 0 Å². The van der Waals surface area contributed by atoms with Gasteiger partial charge in [-0.25, -0.2) is 0 Å². The summed E-state index contributed by atoms with van der Waals surface area (Å²) in [6, 6.07) is 11.5. The average Bonchev–Trinajstić information content (AvgIpc) is 2.45. The summed E-state index contributed by atoms with van der Waals surface area (Å²) >= 11 is 13.8. The second-order valence-corrected chi connectivity index (χ2v) is 8.42. The molecule has 4 heteroatoms. The number of hydrogen-bond acceptors (Lipinski definition) is 2. The summed E-state index contributed by atoms with van der Waals surface area (Å²) < 4.78 is 6.14. The first-order valence-corrected chi connectivity index (χ1v) is 8.80. The van der Waals surface area contributed by atoms with E-state index in [0.29, 0.717) is 15.8 Å². The Balaban J connectivity index is 2.17. The summed E-state index contributed by atoms with van der Waals surface area (Å²) in [7, 11) is 0. The maximum atomic E-state index is 6.02. The van der Waals surface area contributed by atoms with E-state index in [-0.39, 0.29) is 4.75 Å². The molecule has 0 saturated carbocycles. The van der Waals surface area contributed by atoms with E-state index in [2.05, 4.69) is 39.8 Å². The van der Waals surface area contributed by atoms with E-state index in [1.165, 1.54) is 4.90 Å². The number of halogens is 2. The van der Waals surface area contributed by atoms with Crippen LogP contribution in [0.1, 0.15) is 32.8 Å². The Morgan fingerprint density at radius 1 is 1.05 bits per heavy atom. The summed E-state index contributed by atoms with van der Waals surface area (Å²) in [6.07, 6.45) is 1.12. The number of ether oxygens (including phenoxy) is 1. The number of thioether (sulfide) groups is 1. The molecule has 0 atom stereocenters. The summed E-state index contributed by atoms with van der Waals surface area (Å²) in [6.45, 7) is 8.78. The van der Waals surface area contributed by atoms with E-state index < -0.39 is 0 Å². The molecule has 0 radical (unpaired) electrons. The molecule has 0 aliphatic rings. The third-order valence-electron chi connectivity index (χ3n) is 3.51. The van der Waals surface area contributed by atoms with Crippen molar-refractivity contribution in [3.05, 3.63) is 52.0 Å².